The molecule has 1 N–H and O–H groups in total. The van der Waals surface area contributed by atoms with Crippen molar-refractivity contribution < 1.29 is 9.13 Å². The van der Waals surface area contributed by atoms with Crippen molar-refractivity contribution in [1.82, 2.24) is 5.32 Å². The Labute approximate surface area is 126 Å². The lowest BCUT2D eigenvalue weighted by Crippen LogP contribution is -2.35. The molecule has 0 radical (unpaired) electrons. The van der Waals surface area contributed by atoms with Crippen molar-refractivity contribution in [3.63, 3.8) is 0 Å². The van der Waals surface area contributed by atoms with Crippen LogP contribution in [0.1, 0.15) is 50.2 Å². The lowest BCUT2D eigenvalue weighted by Gasteiger charge is -2.29. The second-order valence-corrected chi connectivity index (χ2v) is 5.70. The minimum absolute atomic E-state index is 0.249. The van der Waals surface area contributed by atoms with Crippen LogP contribution in [-0.2, 0) is 11.3 Å². The van der Waals surface area contributed by atoms with E-state index in [0.717, 1.165) is 44.2 Å². The Morgan fingerprint density at radius 1 is 1.29 bits per heavy atom. The number of nitrogens with zero attached hydrogens (tertiary/aromatic N) is 1. The molecular formula is C17H23FN2O. The average molecular weight is 290 g/mol. The zero-order chi connectivity index (χ0) is 15.1. The molecule has 0 unspecified atom stereocenters. The third kappa shape index (κ3) is 5.11. The van der Waals surface area contributed by atoms with E-state index in [2.05, 4.69) is 12.2 Å². The highest BCUT2D eigenvalue weighted by atomic mass is 19.1. The van der Waals surface area contributed by atoms with Gasteiger partial charge in [-0.25, -0.2) is 4.39 Å². The summed E-state index contributed by atoms with van der Waals surface area (Å²) in [6.07, 6.45) is 5.77. The molecule has 2 rings (SSSR count). The summed E-state index contributed by atoms with van der Waals surface area (Å²) in [6.45, 7) is 3.64. The zero-order valence-corrected chi connectivity index (χ0v) is 12.6. The molecule has 1 aromatic carbocycles. The molecule has 0 amide bonds. The first-order chi connectivity index (χ1) is 10.2. The van der Waals surface area contributed by atoms with E-state index in [1.54, 1.807) is 6.07 Å². The Kier molecular flexibility index (Phi) is 6.16. The summed E-state index contributed by atoms with van der Waals surface area (Å²) >= 11 is 0. The van der Waals surface area contributed by atoms with Crippen LogP contribution in [0.5, 0.6) is 0 Å². The molecule has 1 aliphatic carbocycles. The molecule has 4 heteroatoms. The maximum absolute atomic E-state index is 13.3. The van der Waals surface area contributed by atoms with Crippen molar-refractivity contribution in [2.45, 2.75) is 57.8 Å². The molecule has 0 spiro atoms. The molecule has 1 aromatic rings. The normalized spacial score (nSPS) is 22.0. The van der Waals surface area contributed by atoms with E-state index in [0.29, 0.717) is 18.2 Å². The Hall–Kier alpha value is -1.44. The third-order valence-electron chi connectivity index (χ3n) is 3.93. The molecule has 0 aliphatic heterocycles. The van der Waals surface area contributed by atoms with Crippen molar-refractivity contribution in [1.29, 1.82) is 5.26 Å². The average Bonchev–Trinajstić information content (AvgIpc) is 2.51. The van der Waals surface area contributed by atoms with Crippen molar-refractivity contribution >= 4 is 0 Å². The predicted octanol–water partition coefficient (Wildman–Crippen LogP) is 3.52. The minimum atomic E-state index is -0.375. The monoisotopic (exact) mass is 290 g/mol. The maximum atomic E-state index is 13.3. The molecule has 0 atom stereocenters. The Bertz CT molecular complexity index is 490. The summed E-state index contributed by atoms with van der Waals surface area (Å²) in [7, 11) is 0. The van der Waals surface area contributed by atoms with Gasteiger partial charge in [0.25, 0.3) is 0 Å². The van der Waals surface area contributed by atoms with Gasteiger partial charge < -0.3 is 10.1 Å². The van der Waals surface area contributed by atoms with Crippen LogP contribution >= 0.6 is 0 Å². The summed E-state index contributed by atoms with van der Waals surface area (Å²) in [5.41, 5.74) is 1.08. The highest BCUT2D eigenvalue weighted by Gasteiger charge is 2.21. The van der Waals surface area contributed by atoms with Crippen LogP contribution in [0.15, 0.2) is 18.2 Å². The van der Waals surface area contributed by atoms with E-state index in [9.17, 15) is 4.39 Å². The van der Waals surface area contributed by atoms with Gasteiger partial charge in [0.05, 0.1) is 24.3 Å². The second kappa shape index (κ2) is 8.11. The summed E-state index contributed by atoms with van der Waals surface area (Å²) in [6, 6.07) is 6.96. The van der Waals surface area contributed by atoms with Crippen molar-refractivity contribution in [3.8, 4) is 6.07 Å². The van der Waals surface area contributed by atoms with Gasteiger partial charge in [-0.3, -0.25) is 0 Å². The van der Waals surface area contributed by atoms with Crippen molar-refractivity contribution in [2.24, 2.45) is 0 Å². The van der Waals surface area contributed by atoms with Gasteiger partial charge in [0.2, 0.25) is 0 Å². The number of hydrogen-bond donors (Lipinski definition) is 1. The van der Waals surface area contributed by atoms with Crippen LogP contribution < -0.4 is 5.32 Å². The summed E-state index contributed by atoms with van der Waals surface area (Å²) < 4.78 is 19.2. The molecule has 21 heavy (non-hydrogen) atoms. The molecule has 0 bridgehead atoms. The summed E-state index contributed by atoms with van der Waals surface area (Å²) in [4.78, 5) is 0. The van der Waals surface area contributed by atoms with E-state index < -0.39 is 0 Å². The number of nitriles is 1. The van der Waals surface area contributed by atoms with E-state index >= 15 is 0 Å². The first-order valence-electron chi connectivity index (χ1n) is 7.75. The largest absolute Gasteiger partial charge is 0.374 e. The fourth-order valence-corrected chi connectivity index (χ4v) is 2.79. The number of nitrogens with one attached hydrogen (secondary N) is 1. The molecule has 1 saturated carbocycles. The van der Waals surface area contributed by atoms with Gasteiger partial charge in [-0.2, -0.15) is 5.26 Å². The van der Waals surface area contributed by atoms with Gasteiger partial charge in [0, 0.05) is 6.04 Å². The number of ether oxygens (including phenoxy) is 1. The Morgan fingerprint density at radius 3 is 2.71 bits per heavy atom. The van der Waals surface area contributed by atoms with Crippen LogP contribution in [0, 0.1) is 17.1 Å². The number of hydrogen-bond acceptors (Lipinski definition) is 3. The van der Waals surface area contributed by atoms with E-state index in [1.165, 1.54) is 12.1 Å². The minimum Gasteiger partial charge on any atom is -0.374 e. The van der Waals surface area contributed by atoms with Crippen LogP contribution in [0.25, 0.3) is 0 Å². The number of halogens is 1. The molecule has 0 saturated heterocycles. The van der Waals surface area contributed by atoms with Crippen LogP contribution in [0.4, 0.5) is 4.39 Å². The molecule has 1 aliphatic rings. The molecule has 114 valence electrons. The molecule has 3 nitrogen and oxygen atoms in total. The summed E-state index contributed by atoms with van der Waals surface area (Å²) in [5, 5.41) is 12.4. The highest BCUT2D eigenvalue weighted by molar-refractivity contribution is 5.33. The van der Waals surface area contributed by atoms with Crippen molar-refractivity contribution in [2.75, 3.05) is 6.54 Å². The van der Waals surface area contributed by atoms with Gasteiger partial charge in [0.1, 0.15) is 5.82 Å². The Morgan fingerprint density at radius 2 is 2.05 bits per heavy atom. The SMILES string of the molecule is CCCNC1CCC(OCc2cc(F)cc(C#N)c2)CC1. The Balaban J connectivity index is 1.77. The van der Waals surface area contributed by atoms with Crippen molar-refractivity contribution in [3.05, 3.63) is 35.1 Å². The topological polar surface area (TPSA) is 45.0 Å². The second-order valence-electron chi connectivity index (χ2n) is 5.70. The number of benzene rings is 1. The smallest absolute Gasteiger partial charge is 0.124 e. The highest BCUT2D eigenvalue weighted by Crippen LogP contribution is 2.22. The lowest BCUT2D eigenvalue weighted by molar-refractivity contribution is 0.0112. The van der Waals surface area contributed by atoms with Crippen LogP contribution in [0.2, 0.25) is 0 Å². The van der Waals surface area contributed by atoms with Gasteiger partial charge in [-0.15, -0.1) is 0 Å². The third-order valence-corrected chi connectivity index (χ3v) is 3.93. The van der Waals surface area contributed by atoms with E-state index in [-0.39, 0.29) is 11.9 Å². The first kappa shape index (κ1) is 15.9. The van der Waals surface area contributed by atoms with Gasteiger partial charge >= 0.3 is 0 Å². The van der Waals surface area contributed by atoms with Gasteiger partial charge in [-0.1, -0.05) is 6.92 Å². The molecular weight excluding hydrogens is 267 g/mol. The quantitative estimate of drug-likeness (QED) is 0.871. The van der Waals surface area contributed by atoms with Gasteiger partial charge in [-0.05, 0) is 62.4 Å². The first-order valence-corrected chi connectivity index (χ1v) is 7.75. The zero-order valence-electron chi connectivity index (χ0n) is 12.6. The molecule has 1 fully saturated rings. The lowest BCUT2D eigenvalue weighted by atomic mass is 9.93. The standard InChI is InChI=1S/C17H23FN2O/c1-2-7-20-16-3-5-17(6-4-16)21-12-14-8-13(11-19)9-15(18)10-14/h8-10,16-17,20H,2-7,12H2,1H3. The van der Waals surface area contributed by atoms with Crippen LogP contribution in [-0.4, -0.2) is 18.7 Å². The van der Waals surface area contributed by atoms with Crippen LogP contribution in [0.3, 0.4) is 0 Å². The number of rotatable bonds is 6. The fraction of sp³-hybridized carbons (Fsp3) is 0.588. The van der Waals surface area contributed by atoms with Gasteiger partial charge in [0.15, 0.2) is 0 Å². The molecule has 0 aromatic heterocycles. The van der Waals surface area contributed by atoms with E-state index in [1.807, 2.05) is 6.07 Å². The summed E-state index contributed by atoms with van der Waals surface area (Å²) in [5.74, 6) is -0.375. The predicted molar refractivity (Wildman–Crippen MR) is 80.2 cm³/mol. The van der Waals surface area contributed by atoms with E-state index in [4.69, 9.17) is 10.00 Å². The maximum Gasteiger partial charge on any atom is 0.124 e. The molecule has 0 heterocycles. The fourth-order valence-electron chi connectivity index (χ4n) is 2.79.